The van der Waals surface area contributed by atoms with E-state index in [4.69, 9.17) is 9.15 Å². The molecule has 8 heteroatoms. The summed E-state index contributed by atoms with van der Waals surface area (Å²) in [5, 5.41) is 15.5. The van der Waals surface area contributed by atoms with Crippen molar-refractivity contribution in [2.75, 3.05) is 19.7 Å². The number of nitrogens with zero attached hydrogens (tertiary/aromatic N) is 4. The molecule has 1 N–H and O–H groups in total. The Kier molecular flexibility index (Phi) is 4.29. The number of aromatic amines is 1. The lowest BCUT2D eigenvalue weighted by Gasteiger charge is -2.31. The van der Waals surface area contributed by atoms with Crippen LogP contribution in [-0.4, -0.2) is 50.9 Å². The molecule has 8 nitrogen and oxygen atoms in total. The highest BCUT2D eigenvalue weighted by molar-refractivity contribution is 5.94. The Bertz CT molecular complexity index is 766. The topological polar surface area (TPSA) is 97.1 Å². The van der Waals surface area contributed by atoms with Gasteiger partial charge in [-0.25, -0.2) is 0 Å². The summed E-state index contributed by atoms with van der Waals surface area (Å²) in [6, 6.07) is 0. The fraction of sp³-hybridized carbons (Fsp3) is 0.647. The van der Waals surface area contributed by atoms with Gasteiger partial charge in [-0.1, -0.05) is 13.8 Å². The number of morpholine rings is 1. The molecular weight excluding hydrogens is 322 g/mol. The van der Waals surface area contributed by atoms with Crippen molar-refractivity contribution in [2.24, 2.45) is 0 Å². The highest BCUT2D eigenvalue weighted by Gasteiger charge is 2.32. The number of aryl methyl sites for hydroxylation is 1. The summed E-state index contributed by atoms with van der Waals surface area (Å²) in [7, 11) is 0. The molecule has 2 aromatic heterocycles. The van der Waals surface area contributed by atoms with Crippen LogP contribution in [0.2, 0.25) is 0 Å². The van der Waals surface area contributed by atoms with Gasteiger partial charge < -0.3 is 14.1 Å². The standard InChI is InChI=1S/C17H23N5O3/c1-10(2)15-20-21-16(25-15)13-9-22(7-8-24-13)17(23)14-11-5-3-4-6-12(11)18-19-14/h10,13H,3-9H2,1-2H3,(H,18,19)/t13-/m1/s1. The molecular formula is C17H23N5O3. The minimum atomic E-state index is -0.382. The second-order valence-electron chi connectivity index (χ2n) is 6.98. The van der Waals surface area contributed by atoms with Crippen molar-refractivity contribution >= 4 is 5.91 Å². The average Bonchev–Trinajstić information content (AvgIpc) is 3.28. The van der Waals surface area contributed by atoms with Gasteiger partial charge >= 0.3 is 0 Å². The van der Waals surface area contributed by atoms with Crippen molar-refractivity contribution in [1.29, 1.82) is 0 Å². The maximum absolute atomic E-state index is 12.9. The van der Waals surface area contributed by atoms with E-state index in [-0.39, 0.29) is 17.9 Å². The number of carbonyl (C=O) groups is 1. The Labute approximate surface area is 145 Å². The van der Waals surface area contributed by atoms with Gasteiger partial charge in [0.05, 0.1) is 13.2 Å². The molecule has 1 amide bonds. The first-order valence-electron chi connectivity index (χ1n) is 8.93. The first-order valence-corrected chi connectivity index (χ1v) is 8.93. The predicted octanol–water partition coefficient (Wildman–Crippen LogP) is 2.01. The maximum Gasteiger partial charge on any atom is 0.274 e. The van der Waals surface area contributed by atoms with Gasteiger partial charge in [0.25, 0.3) is 5.91 Å². The zero-order chi connectivity index (χ0) is 17.4. The summed E-state index contributed by atoms with van der Waals surface area (Å²) in [5.41, 5.74) is 2.75. The second kappa shape index (κ2) is 6.59. The number of rotatable bonds is 3. The number of fused-ring (bicyclic) bond motifs is 1. The molecule has 2 aromatic rings. The molecule has 1 aliphatic carbocycles. The molecule has 25 heavy (non-hydrogen) atoms. The van der Waals surface area contributed by atoms with Gasteiger partial charge in [0.1, 0.15) is 0 Å². The van der Waals surface area contributed by atoms with E-state index in [2.05, 4.69) is 20.4 Å². The van der Waals surface area contributed by atoms with E-state index in [9.17, 15) is 4.79 Å². The van der Waals surface area contributed by atoms with Crippen LogP contribution in [0.15, 0.2) is 4.42 Å². The van der Waals surface area contributed by atoms with E-state index in [1.165, 1.54) is 0 Å². The number of nitrogens with one attached hydrogen (secondary N) is 1. The minimum absolute atomic E-state index is 0.0451. The molecule has 0 radical (unpaired) electrons. The number of carbonyl (C=O) groups excluding carboxylic acids is 1. The van der Waals surface area contributed by atoms with Gasteiger partial charge in [0, 0.05) is 23.7 Å². The van der Waals surface area contributed by atoms with E-state index in [1.807, 2.05) is 13.8 Å². The third-order valence-corrected chi connectivity index (χ3v) is 4.84. The van der Waals surface area contributed by atoms with Crippen LogP contribution in [0.4, 0.5) is 0 Å². The summed E-state index contributed by atoms with van der Waals surface area (Å²) in [6.45, 7) is 5.38. The fourth-order valence-corrected chi connectivity index (χ4v) is 3.40. The second-order valence-corrected chi connectivity index (χ2v) is 6.98. The lowest BCUT2D eigenvalue weighted by atomic mass is 9.95. The number of H-pyrrole nitrogens is 1. The van der Waals surface area contributed by atoms with Crippen molar-refractivity contribution in [1.82, 2.24) is 25.3 Å². The summed E-state index contributed by atoms with van der Waals surface area (Å²) < 4.78 is 11.4. The van der Waals surface area contributed by atoms with E-state index >= 15 is 0 Å². The van der Waals surface area contributed by atoms with E-state index in [1.54, 1.807) is 4.90 Å². The van der Waals surface area contributed by atoms with Gasteiger partial charge in [-0.3, -0.25) is 9.89 Å². The Morgan fingerprint density at radius 1 is 1.28 bits per heavy atom. The molecule has 0 spiro atoms. The summed E-state index contributed by atoms with van der Waals surface area (Å²) >= 11 is 0. The van der Waals surface area contributed by atoms with Crippen LogP contribution in [0.1, 0.15) is 72.2 Å². The van der Waals surface area contributed by atoms with Crippen LogP contribution in [0.3, 0.4) is 0 Å². The highest BCUT2D eigenvalue weighted by Crippen LogP contribution is 2.27. The van der Waals surface area contributed by atoms with E-state index < -0.39 is 0 Å². The van der Waals surface area contributed by atoms with Crippen LogP contribution in [0.25, 0.3) is 0 Å². The minimum Gasteiger partial charge on any atom is -0.422 e. The largest absolute Gasteiger partial charge is 0.422 e. The highest BCUT2D eigenvalue weighted by atomic mass is 16.5. The smallest absolute Gasteiger partial charge is 0.274 e. The Morgan fingerprint density at radius 3 is 2.92 bits per heavy atom. The quantitative estimate of drug-likeness (QED) is 0.914. The van der Waals surface area contributed by atoms with Crippen molar-refractivity contribution in [2.45, 2.75) is 51.6 Å². The molecule has 0 unspecified atom stereocenters. The Morgan fingerprint density at radius 2 is 2.12 bits per heavy atom. The van der Waals surface area contributed by atoms with Gasteiger partial charge in [-0.05, 0) is 25.7 Å². The van der Waals surface area contributed by atoms with Crippen LogP contribution in [-0.2, 0) is 17.6 Å². The van der Waals surface area contributed by atoms with E-state index in [0.717, 1.165) is 36.9 Å². The number of hydrogen-bond acceptors (Lipinski definition) is 6. The molecule has 0 aromatic carbocycles. The molecule has 1 atom stereocenters. The summed E-state index contributed by atoms with van der Waals surface area (Å²) in [4.78, 5) is 14.7. The third kappa shape index (κ3) is 3.06. The van der Waals surface area contributed by atoms with Gasteiger partial charge in [0.2, 0.25) is 11.8 Å². The molecule has 4 rings (SSSR count). The first-order chi connectivity index (χ1) is 12.1. The average molecular weight is 345 g/mol. The summed E-state index contributed by atoms with van der Waals surface area (Å²) in [5.74, 6) is 1.14. The monoisotopic (exact) mass is 345 g/mol. The molecule has 0 bridgehead atoms. The molecule has 3 heterocycles. The van der Waals surface area contributed by atoms with Crippen molar-refractivity contribution < 1.29 is 13.9 Å². The molecule has 1 saturated heterocycles. The van der Waals surface area contributed by atoms with Gasteiger partial charge in [0.15, 0.2) is 11.8 Å². The van der Waals surface area contributed by atoms with E-state index in [0.29, 0.717) is 37.2 Å². The molecule has 134 valence electrons. The Balaban J connectivity index is 1.50. The van der Waals surface area contributed by atoms with Crippen LogP contribution >= 0.6 is 0 Å². The van der Waals surface area contributed by atoms with Crippen molar-refractivity contribution in [3.05, 3.63) is 28.7 Å². The van der Waals surface area contributed by atoms with Crippen LogP contribution in [0.5, 0.6) is 0 Å². The van der Waals surface area contributed by atoms with Crippen molar-refractivity contribution in [3.63, 3.8) is 0 Å². The summed E-state index contributed by atoms with van der Waals surface area (Å²) in [6.07, 6.45) is 3.77. The SMILES string of the molecule is CC(C)c1nnc([C@H]2CN(C(=O)c3n[nH]c4c3CCCC4)CCO2)o1. The molecule has 2 aliphatic rings. The van der Waals surface area contributed by atoms with Crippen LogP contribution < -0.4 is 0 Å². The van der Waals surface area contributed by atoms with Crippen LogP contribution in [0, 0.1) is 0 Å². The molecule has 1 aliphatic heterocycles. The van der Waals surface area contributed by atoms with Crippen molar-refractivity contribution in [3.8, 4) is 0 Å². The number of amides is 1. The predicted molar refractivity (Wildman–Crippen MR) is 88.2 cm³/mol. The first kappa shape index (κ1) is 16.3. The maximum atomic E-state index is 12.9. The zero-order valence-electron chi connectivity index (χ0n) is 14.6. The zero-order valence-corrected chi connectivity index (χ0v) is 14.6. The van der Waals surface area contributed by atoms with Gasteiger partial charge in [-0.2, -0.15) is 5.10 Å². The Hall–Kier alpha value is -2.22. The lowest BCUT2D eigenvalue weighted by Crippen LogP contribution is -2.42. The molecule has 1 fully saturated rings. The van der Waals surface area contributed by atoms with Gasteiger partial charge in [-0.15, -0.1) is 10.2 Å². The number of ether oxygens (including phenoxy) is 1. The normalized spacial score (nSPS) is 20.8. The number of aromatic nitrogens is 4. The number of hydrogen-bond donors (Lipinski definition) is 1. The third-order valence-electron chi connectivity index (χ3n) is 4.84. The lowest BCUT2D eigenvalue weighted by molar-refractivity contribution is -0.0353. The fourth-order valence-electron chi connectivity index (χ4n) is 3.40. The molecule has 0 saturated carbocycles.